The lowest BCUT2D eigenvalue weighted by Crippen LogP contribution is -2.42. The number of ether oxygens (including phenoxy) is 1. The average Bonchev–Trinajstić information content (AvgIpc) is 3.25. The quantitative estimate of drug-likeness (QED) is 0.893. The second-order valence-electron chi connectivity index (χ2n) is 5.69. The molecule has 0 bridgehead atoms. The van der Waals surface area contributed by atoms with Gasteiger partial charge in [0, 0.05) is 24.7 Å². The lowest BCUT2D eigenvalue weighted by Gasteiger charge is -2.31. The summed E-state index contributed by atoms with van der Waals surface area (Å²) >= 11 is 1.46. The molecule has 0 aromatic carbocycles. The topological polar surface area (TPSA) is 80.5 Å². The Labute approximate surface area is 128 Å². The zero-order valence-electron chi connectivity index (χ0n) is 12.3. The molecule has 1 aliphatic carbocycles. The van der Waals surface area contributed by atoms with Crippen LogP contribution < -0.4 is 11.1 Å². The molecule has 2 aliphatic rings. The molecular formula is C14H22N4O2S. The van der Waals surface area contributed by atoms with Crippen molar-refractivity contribution < 1.29 is 9.53 Å². The van der Waals surface area contributed by atoms with Gasteiger partial charge in [0.25, 0.3) is 0 Å². The number of nitrogens with one attached hydrogen (secondary N) is 1. The number of rotatable bonds is 4. The molecule has 6 nitrogen and oxygen atoms in total. The van der Waals surface area contributed by atoms with E-state index in [1.54, 1.807) is 4.90 Å². The summed E-state index contributed by atoms with van der Waals surface area (Å²) in [7, 11) is 0. The van der Waals surface area contributed by atoms with Crippen LogP contribution in [-0.2, 0) is 4.74 Å². The summed E-state index contributed by atoms with van der Waals surface area (Å²) in [4.78, 5) is 13.5. The number of aromatic nitrogens is 1. The number of likely N-dealkylation sites (tertiary alicyclic amines) is 1. The number of anilines is 2. The van der Waals surface area contributed by atoms with Crippen LogP contribution in [0.25, 0.3) is 0 Å². The lowest BCUT2D eigenvalue weighted by molar-refractivity contribution is 0.0983. The molecular weight excluding hydrogens is 288 g/mol. The molecule has 2 fully saturated rings. The third kappa shape index (κ3) is 3.23. The Hall–Kier alpha value is -1.50. The first-order valence-corrected chi connectivity index (χ1v) is 8.39. The molecule has 0 radical (unpaired) electrons. The van der Waals surface area contributed by atoms with Crippen molar-refractivity contribution in [2.45, 2.75) is 44.6 Å². The minimum atomic E-state index is -0.198. The molecule has 116 valence electrons. The minimum absolute atomic E-state index is 0.198. The Morgan fingerprint density at radius 3 is 2.76 bits per heavy atom. The molecule has 0 atom stereocenters. The van der Waals surface area contributed by atoms with E-state index in [1.807, 2.05) is 6.92 Å². The van der Waals surface area contributed by atoms with Crippen LogP contribution in [0.3, 0.4) is 0 Å². The number of carbonyl (C=O) groups excluding carboxylic acids is 1. The zero-order chi connectivity index (χ0) is 14.8. The average molecular weight is 310 g/mol. The van der Waals surface area contributed by atoms with Crippen molar-refractivity contribution in [1.29, 1.82) is 0 Å². The van der Waals surface area contributed by atoms with E-state index >= 15 is 0 Å². The molecule has 3 N–H and O–H groups in total. The molecule has 1 aromatic heterocycles. The van der Waals surface area contributed by atoms with Gasteiger partial charge < -0.3 is 20.7 Å². The Bertz CT molecular complexity index is 507. The van der Waals surface area contributed by atoms with E-state index in [4.69, 9.17) is 10.5 Å². The van der Waals surface area contributed by atoms with Crippen molar-refractivity contribution in [2.75, 3.05) is 30.7 Å². The second-order valence-corrected chi connectivity index (χ2v) is 6.46. The summed E-state index contributed by atoms with van der Waals surface area (Å²) in [5.41, 5.74) is 7.19. The van der Waals surface area contributed by atoms with E-state index in [0.29, 0.717) is 24.4 Å². The van der Waals surface area contributed by atoms with Gasteiger partial charge in [-0.15, -0.1) is 0 Å². The summed E-state index contributed by atoms with van der Waals surface area (Å²) in [5.74, 6) is 1.29. The molecule has 0 unspecified atom stereocenters. The van der Waals surface area contributed by atoms with Gasteiger partial charge in [0.15, 0.2) is 0 Å². The maximum Gasteiger partial charge on any atom is 0.409 e. The number of nitrogen functional groups attached to an aromatic ring is 1. The van der Waals surface area contributed by atoms with Crippen LogP contribution in [0, 0.1) is 0 Å². The first kappa shape index (κ1) is 14.4. The summed E-state index contributed by atoms with van der Waals surface area (Å²) < 4.78 is 9.32. The van der Waals surface area contributed by atoms with Gasteiger partial charge in [-0.05, 0) is 50.1 Å². The molecule has 21 heavy (non-hydrogen) atoms. The lowest BCUT2D eigenvalue weighted by atomic mass is 10.1. The predicted molar refractivity (Wildman–Crippen MR) is 83.7 cm³/mol. The number of hydrogen-bond acceptors (Lipinski definition) is 6. The van der Waals surface area contributed by atoms with Crippen molar-refractivity contribution in [3.63, 3.8) is 0 Å². The first-order valence-electron chi connectivity index (χ1n) is 7.62. The van der Waals surface area contributed by atoms with Crippen molar-refractivity contribution >= 4 is 28.4 Å². The van der Waals surface area contributed by atoms with E-state index in [1.165, 1.54) is 29.9 Å². The molecule has 2 heterocycles. The van der Waals surface area contributed by atoms with Gasteiger partial charge in [0.1, 0.15) is 10.8 Å². The maximum absolute atomic E-state index is 11.7. The van der Waals surface area contributed by atoms with Crippen molar-refractivity contribution in [2.24, 2.45) is 0 Å². The van der Waals surface area contributed by atoms with Gasteiger partial charge in [-0.3, -0.25) is 0 Å². The Morgan fingerprint density at radius 1 is 1.43 bits per heavy atom. The predicted octanol–water partition coefficient (Wildman–Crippen LogP) is 2.64. The Kier molecular flexibility index (Phi) is 4.19. The van der Waals surface area contributed by atoms with Gasteiger partial charge in [0.05, 0.1) is 6.61 Å². The van der Waals surface area contributed by atoms with Crippen LogP contribution in [0.4, 0.5) is 15.6 Å². The molecule has 0 spiro atoms. The van der Waals surface area contributed by atoms with Gasteiger partial charge >= 0.3 is 6.09 Å². The normalized spacial score (nSPS) is 19.6. The third-order valence-electron chi connectivity index (χ3n) is 4.10. The van der Waals surface area contributed by atoms with Gasteiger partial charge in [-0.2, -0.15) is 4.37 Å². The number of nitrogens with two attached hydrogens (primary N) is 1. The fraction of sp³-hybridized carbons (Fsp3) is 0.714. The molecule has 1 aliphatic heterocycles. The highest BCUT2D eigenvalue weighted by Crippen LogP contribution is 2.47. The smallest absolute Gasteiger partial charge is 0.409 e. The molecule has 3 rings (SSSR count). The molecule has 7 heteroatoms. The van der Waals surface area contributed by atoms with Crippen LogP contribution >= 0.6 is 11.5 Å². The van der Waals surface area contributed by atoms with E-state index in [2.05, 4.69) is 9.69 Å². The van der Waals surface area contributed by atoms with E-state index in [-0.39, 0.29) is 6.09 Å². The van der Waals surface area contributed by atoms with E-state index in [0.717, 1.165) is 30.9 Å². The molecule has 1 saturated carbocycles. The highest BCUT2D eigenvalue weighted by atomic mass is 32.1. The standard InChI is InChI=1S/C14H22N4O2S/c1-2-20-14(19)18-7-5-10(6-8-18)16-13-11(9-3-4-9)12(15)17-21-13/h9-10,16H,2-8H2,1H3,(H2,15,17). The number of carbonyl (C=O) groups is 1. The summed E-state index contributed by atoms with van der Waals surface area (Å²) in [6, 6.07) is 0.382. The monoisotopic (exact) mass is 310 g/mol. The van der Waals surface area contributed by atoms with Crippen molar-refractivity contribution in [3.8, 4) is 0 Å². The zero-order valence-corrected chi connectivity index (χ0v) is 13.1. The van der Waals surface area contributed by atoms with Gasteiger partial charge in [-0.1, -0.05) is 0 Å². The molecule has 1 saturated heterocycles. The number of amides is 1. The fourth-order valence-corrected chi connectivity index (χ4v) is 3.66. The van der Waals surface area contributed by atoms with Gasteiger partial charge in [0.2, 0.25) is 0 Å². The van der Waals surface area contributed by atoms with Crippen LogP contribution in [-0.4, -0.2) is 41.1 Å². The van der Waals surface area contributed by atoms with E-state index in [9.17, 15) is 4.79 Å². The number of nitrogens with zero attached hydrogens (tertiary/aromatic N) is 2. The summed E-state index contributed by atoms with van der Waals surface area (Å²) in [6.07, 6.45) is 4.11. The number of hydrogen-bond donors (Lipinski definition) is 2. The molecule has 1 amide bonds. The highest BCUT2D eigenvalue weighted by Gasteiger charge is 2.32. The van der Waals surface area contributed by atoms with Crippen molar-refractivity contribution in [1.82, 2.24) is 9.27 Å². The minimum Gasteiger partial charge on any atom is -0.450 e. The maximum atomic E-state index is 11.7. The van der Waals surface area contributed by atoms with Gasteiger partial charge in [-0.25, -0.2) is 4.79 Å². The Balaban J connectivity index is 1.55. The first-order chi connectivity index (χ1) is 10.2. The van der Waals surface area contributed by atoms with Crippen molar-refractivity contribution in [3.05, 3.63) is 5.56 Å². The summed E-state index contributed by atoms with van der Waals surface area (Å²) in [5, 5.41) is 4.71. The molecule has 1 aromatic rings. The van der Waals surface area contributed by atoms with Crippen LogP contribution in [0.1, 0.15) is 44.1 Å². The largest absolute Gasteiger partial charge is 0.450 e. The van der Waals surface area contributed by atoms with E-state index < -0.39 is 0 Å². The highest BCUT2D eigenvalue weighted by molar-refractivity contribution is 7.10. The fourth-order valence-electron chi connectivity index (χ4n) is 2.79. The third-order valence-corrected chi connectivity index (χ3v) is 4.91. The second kappa shape index (κ2) is 6.09. The number of piperidine rings is 1. The van der Waals surface area contributed by atoms with Crippen LogP contribution in [0.5, 0.6) is 0 Å². The Morgan fingerprint density at radius 2 is 2.14 bits per heavy atom. The summed E-state index contributed by atoms with van der Waals surface area (Å²) in [6.45, 7) is 3.74. The van der Waals surface area contributed by atoms with Crippen LogP contribution in [0.2, 0.25) is 0 Å². The SMILES string of the molecule is CCOC(=O)N1CCC(Nc2snc(N)c2C2CC2)CC1. The van der Waals surface area contributed by atoms with Crippen LogP contribution in [0.15, 0.2) is 0 Å².